The van der Waals surface area contributed by atoms with Gasteiger partial charge in [-0.25, -0.2) is 0 Å². The molecule has 0 aliphatic rings. The molecule has 2 heteroatoms. The van der Waals surface area contributed by atoms with Crippen molar-refractivity contribution in [3.8, 4) is 50.2 Å². The summed E-state index contributed by atoms with van der Waals surface area (Å²) in [6, 6.07) is 97.6. The largest absolute Gasteiger partial charge is 0.310 e. The van der Waals surface area contributed by atoms with Gasteiger partial charge in [-0.15, -0.1) is 0 Å². The molecule has 0 spiro atoms. The zero-order valence-corrected chi connectivity index (χ0v) is 37.3. The van der Waals surface area contributed by atoms with Crippen molar-refractivity contribution in [2.24, 2.45) is 0 Å². The minimum atomic E-state index is 1.08. The molecular weight excluding hydrogens is 821 g/mol. The maximum absolute atomic E-state index is 2.46. The first-order valence-electron chi connectivity index (χ1n) is 23.4. The molecule has 0 saturated carbocycles. The van der Waals surface area contributed by atoms with Gasteiger partial charge >= 0.3 is 0 Å². The first-order chi connectivity index (χ1) is 33.7. The predicted molar refractivity (Wildman–Crippen MR) is 290 cm³/mol. The molecule has 0 fully saturated rings. The maximum atomic E-state index is 2.46. The van der Waals surface area contributed by atoms with Crippen LogP contribution in [0.5, 0.6) is 0 Å². The smallest absolute Gasteiger partial charge is 0.0541 e. The molecule has 0 aliphatic heterocycles. The number of nitrogens with zero attached hydrogens (tertiary/aromatic N) is 2. The molecule has 12 aromatic carbocycles. The molecule has 0 saturated heterocycles. The zero-order chi connectivity index (χ0) is 45.0. The van der Waals surface area contributed by atoms with Crippen LogP contribution in [0.1, 0.15) is 0 Å². The van der Waals surface area contributed by atoms with Crippen molar-refractivity contribution in [1.29, 1.82) is 0 Å². The number of aromatic nitrogens is 1. The fraction of sp³-hybridized carbons (Fsp3) is 0. The molecular formula is C66H44N2. The second-order valence-corrected chi connectivity index (χ2v) is 17.6. The molecule has 2 nitrogen and oxygen atoms in total. The highest BCUT2D eigenvalue weighted by Gasteiger charge is 2.22. The number of para-hydroxylation sites is 3. The van der Waals surface area contributed by atoms with Gasteiger partial charge in [0.1, 0.15) is 0 Å². The van der Waals surface area contributed by atoms with Crippen LogP contribution in [0.4, 0.5) is 17.1 Å². The van der Waals surface area contributed by atoms with Crippen molar-refractivity contribution in [2.75, 3.05) is 4.90 Å². The van der Waals surface area contributed by atoms with Crippen molar-refractivity contribution >= 4 is 71.2 Å². The second kappa shape index (κ2) is 16.5. The molecule has 0 N–H and O–H groups in total. The number of hydrogen-bond acceptors (Lipinski definition) is 1. The minimum Gasteiger partial charge on any atom is -0.310 e. The van der Waals surface area contributed by atoms with Crippen LogP contribution in [0.25, 0.3) is 104 Å². The van der Waals surface area contributed by atoms with Gasteiger partial charge in [0.2, 0.25) is 0 Å². The molecule has 13 rings (SSSR count). The lowest BCUT2D eigenvalue weighted by Crippen LogP contribution is -2.11. The molecule has 1 heterocycles. The highest BCUT2D eigenvalue weighted by atomic mass is 15.1. The third kappa shape index (κ3) is 6.65. The molecule has 318 valence electrons. The van der Waals surface area contributed by atoms with E-state index in [-0.39, 0.29) is 0 Å². The Balaban J connectivity index is 1.02. The Hall–Kier alpha value is -8.98. The van der Waals surface area contributed by atoms with Crippen molar-refractivity contribution < 1.29 is 0 Å². The summed E-state index contributed by atoms with van der Waals surface area (Å²) >= 11 is 0. The standard InChI is InChI=1S/C66H44N2/c1-3-18-45(19-4-1)56-33-15-21-47-22-16-35-61(66(47)56)59-30-9-11-36-63(59)67(53-28-14-24-50(43-53)55-32-17-34-57-54-29-8-7-20-46(54)38-40-58(55)57)52-27-13-23-48(42-52)49-39-41-65-62(44-49)60-31-10-12-37-64(60)68(65)51-25-5-2-6-26-51/h1-44H. The Labute approximate surface area is 395 Å². The van der Waals surface area contributed by atoms with E-state index in [9.17, 15) is 0 Å². The van der Waals surface area contributed by atoms with Crippen molar-refractivity contribution in [3.63, 3.8) is 0 Å². The van der Waals surface area contributed by atoms with E-state index in [0.717, 1.165) is 33.9 Å². The van der Waals surface area contributed by atoms with Gasteiger partial charge in [0.05, 0.1) is 16.7 Å². The SMILES string of the molecule is c1ccc(-c2cccc3cccc(-c4ccccc4N(c4cccc(-c5ccc6c(c5)c5ccccc5n6-c5ccccc5)c4)c4cccc(-c5cccc6c5ccc5ccccc56)c4)c23)cc1. The molecule has 68 heavy (non-hydrogen) atoms. The van der Waals surface area contributed by atoms with Gasteiger partial charge in [-0.1, -0.05) is 206 Å². The quantitative estimate of drug-likeness (QED) is 0.138. The summed E-state index contributed by atoms with van der Waals surface area (Å²) < 4.78 is 2.38. The Kier molecular flexibility index (Phi) is 9.54. The van der Waals surface area contributed by atoms with Gasteiger partial charge < -0.3 is 9.47 Å². The van der Waals surface area contributed by atoms with Gasteiger partial charge in [-0.05, 0) is 132 Å². The normalized spacial score (nSPS) is 11.5. The van der Waals surface area contributed by atoms with Gasteiger partial charge in [0, 0.05) is 33.4 Å². The maximum Gasteiger partial charge on any atom is 0.0541 e. The monoisotopic (exact) mass is 864 g/mol. The van der Waals surface area contributed by atoms with Crippen LogP contribution in [0.3, 0.4) is 0 Å². The minimum absolute atomic E-state index is 1.08. The average Bonchev–Trinajstić information content (AvgIpc) is 3.75. The lowest BCUT2D eigenvalue weighted by atomic mass is 9.90. The number of hydrogen-bond donors (Lipinski definition) is 0. The number of fused-ring (bicyclic) bond motifs is 7. The molecule has 0 amide bonds. The van der Waals surface area contributed by atoms with Crippen LogP contribution in [0.2, 0.25) is 0 Å². The molecule has 0 bridgehead atoms. The molecule has 0 radical (unpaired) electrons. The van der Waals surface area contributed by atoms with Gasteiger partial charge in [0.15, 0.2) is 0 Å². The van der Waals surface area contributed by atoms with Crippen molar-refractivity contribution in [2.45, 2.75) is 0 Å². The van der Waals surface area contributed by atoms with Crippen LogP contribution in [-0.4, -0.2) is 4.57 Å². The van der Waals surface area contributed by atoms with Crippen molar-refractivity contribution in [1.82, 2.24) is 4.57 Å². The number of benzene rings is 12. The highest BCUT2D eigenvalue weighted by molar-refractivity contribution is 6.13. The van der Waals surface area contributed by atoms with E-state index < -0.39 is 0 Å². The van der Waals surface area contributed by atoms with E-state index in [1.54, 1.807) is 0 Å². The molecule has 0 unspecified atom stereocenters. The van der Waals surface area contributed by atoms with E-state index in [4.69, 9.17) is 0 Å². The molecule has 0 atom stereocenters. The van der Waals surface area contributed by atoms with Crippen molar-refractivity contribution in [3.05, 3.63) is 267 Å². The zero-order valence-electron chi connectivity index (χ0n) is 37.3. The topological polar surface area (TPSA) is 8.17 Å². The first kappa shape index (κ1) is 39.4. The van der Waals surface area contributed by atoms with Gasteiger partial charge in [0.25, 0.3) is 0 Å². The Morgan fingerprint density at radius 1 is 0.265 bits per heavy atom. The van der Waals surface area contributed by atoms with Crippen LogP contribution >= 0.6 is 0 Å². The lowest BCUT2D eigenvalue weighted by Gasteiger charge is -2.29. The second-order valence-electron chi connectivity index (χ2n) is 17.6. The van der Waals surface area contributed by atoms with E-state index in [0.29, 0.717) is 0 Å². The van der Waals surface area contributed by atoms with E-state index in [1.807, 2.05) is 0 Å². The number of anilines is 3. The predicted octanol–water partition coefficient (Wildman–Crippen LogP) is 18.4. The van der Waals surface area contributed by atoms with Crippen LogP contribution < -0.4 is 4.90 Å². The third-order valence-corrected chi connectivity index (χ3v) is 13.8. The molecule has 13 aromatic rings. The number of rotatable bonds is 8. The Morgan fingerprint density at radius 3 is 1.66 bits per heavy atom. The fourth-order valence-corrected chi connectivity index (χ4v) is 10.7. The summed E-state index contributed by atoms with van der Waals surface area (Å²) in [5.74, 6) is 0. The summed E-state index contributed by atoms with van der Waals surface area (Å²) in [6.07, 6.45) is 0. The van der Waals surface area contributed by atoms with E-state index in [1.165, 1.54) is 87.5 Å². The fourth-order valence-electron chi connectivity index (χ4n) is 10.7. The summed E-state index contributed by atoms with van der Waals surface area (Å²) in [7, 11) is 0. The summed E-state index contributed by atoms with van der Waals surface area (Å²) in [5, 5.41) is 9.93. The van der Waals surface area contributed by atoms with Gasteiger partial charge in [-0.3, -0.25) is 0 Å². The van der Waals surface area contributed by atoms with Crippen LogP contribution in [0.15, 0.2) is 267 Å². The third-order valence-electron chi connectivity index (χ3n) is 13.8. The first-order valence-corrected chi connectivity index (χ1v) is 23.4. The van der Waals surface area contributed by atoms with E-state index >= 15 is 0 Å². The van der Waals surface area contributed by atoms with E-state index in [2.05, 4.69) is 276 Å². The summed E-state index contributed by atoms with van der Waals surface area (Å²) in [4.78, 5) is 2.46. The highest BCUT2D eigenvalue weighted by Crippen LogP contribution is 2.47. The summed E-state index contributed by atoms with van der Waals surface area (Å²) in [6.45, 7) is 0. The Bertz CT molecular complexity index is 4030. The Morgan fingerprint density at radius 2 is 0.824 bits per heavy atom. The van der Waals surface area contributed by atoms with Crippen LogP contribution in [0, 0.1) is 0 Å². The van der Waals surface area contributed by atoms with Crippen LogP contribution in [-0.2, 0) is 0 Å². The molecule has 0 aliphatic carbocycles. The summed E-state index contributed by atoms with van der Waals surface area (Å²) in [5.41, 5.74) is 16.3. The lowest BCUT2D eigenvalue weighted by molar-refractivity contribution is 1.18. The molecule has 1 aromatic heterocycles. The average molecular weight is 865 g/mol. The van der Waals surface area contributed by atoms with Gasteiger partial charge in [-0.2, -0.15) is 0 Å².